The van der Waals surface area contributed by atoms with Gasteiger partial charge < -0.3 is 10.1 Å². The molecule has 2 rings (SSSR count). The topological polar surface area (TPSA) is 51.2 Å². The summed E-state index contributed by atoms with van der Waals surface area (Å²) in [7, 11) is -0.633. The van der Waals surface area contributed by atoms with Crippen molar-refractivity contribution < 1.29 is 9.53 Å². The molecule has 0 fully saturated rings. The highest BCUT2D eigenvalue weighted by molar-refractivity contribution is 8.32. The highest BCUT2D eigenvalue weighted by Gasteiger charge is 2.27. The average Bonchev–Trinajstić information content (AvgIpc) is 2.77. The number of rotatable bonds is 4. The van der Waals surface area contributed by atoms with Crippen molar-refractivity contribution in [2.45, 2.75) is 25.8 Å². The number of carbonyl (C=O) groups excluding carboxylic acids is 1. The van der Waals surface area contributed by atoms with Gasteiger partial charge in [0.05, 0.1) is 5.02 Å². The van der Waals surface area contributed by atoms with E-state index in [1.54, 1.807) is 6.20 Å². The molecule has 1 atom stereocenters. The van der Waals surface area contributed by atoms with Crippen LogP contribution in [0.1, 0.15) is 16.8 Å². The van der Waals surface area contributed by atoms with Crippen LogP contribution < -0.4 is 5.32 Å². The highest BCUT2D eigenvalue weighted by Crippen LogP contribution is 2.33. The van der Waals surface area contributed by atoms with Gasteiger partial charge in [-0.1, -0.05) is 11.6 Å². The third-order valence-electron chi connectivity index (χ3n) is 3.61. The van der Waals surface area contributed by atoms with Crippen molar-refractivity contribution in [3.8, 4) is 0 Å². The largest absolute Gasteiger partial charge is 0.449 e. The first-order valence-corrected chi connectivity index (χ1v) is 10.4. The van der Waals surface area contributed by atoms with Crippen molar-refractivity contribution in [2.75, 3.05) is 31.1 Å². The Morgan fingerprint density at radius 3 is 2.71 bits per heavy atom. The number of pyridine rings is 1. The number of amides is 1. The molecule has 1 aliphatic carbocycles. The van der Waals surface area contributed by atoms with Crippen LogP contribution >= 0.6 is 21.6 Å². The van der Waals surface area contributed by atoms with Crippen LogP contribution in [0.3, 0.4) is 0 Å². The number of ether oxygens (including phenoxy) is 1. The summed E-state index contributed by atoms with van der Waals surface area (Å²) in [5, 5.41) is 3.61. The molecule has 21 heavy (non-hydrogen) atoms. The van der Waals surface area contributed by atoms with E-state index in [-0.39, 0.29) is 12.1 Å². The summed E-state index contributed by atoms with van der Waals surface area (Å²) in [5.41, 5.74) is 3.25. The fraction of sp³-hybridized carbons (Fsp3) is 0.600. The third-order valence-corrected chi connectivity index (χ3v) is 5.33. The van der Waals surface area contributed by atoms with Crippen LogP contribution in [0.25, 0.3) is 0 Å². The highest BCUT2D eigenvalue weighted by atomic mass is 35.5. The normalized spacial score (nSPS) is 18.2. The van der Waals surface area contributed by atoms with E-state index >= 15 is 0 Å². The van der Waals surface area contributed by atoms with Gasteiger partial charge in [-0.2, -0.15) is 0 Å². The maximum Gasteiger partial charge on any atom is 0.407 e. The number of carbonyl (C=O) groups is 1. The maximum absolute atomic E-state index is 11.8. The van der Waals surface area contributed by atoms with Gasteiger partial charge in [0.2, 0.25) is 0 Å². The van der Waals surface area contributed by atoms with Crippen LogP contribution in [-0.2, 0) is 17.6 Å². The zero-order valence-electron chi connectivity index (χ0n) is 13.0. The molecule has 1 aromatic rings. The summed E-state index contributed by atoms with van der Waals surface area (Å²) >= 11 is 6.17. The van der Waals surface area contributed by atoms with E-state index in [4.69, 9.17) is 16.3 Å². The molecule has 0 radical (unpaired) electrons. The Morgan fingerprint density at radius 2 is 2.10 bits per heavy atom. The summed E-state index contributed by atoms with van der Waals surface area (Å²) in [6.45, 7) is 2.45. The van der Waals surface area contributed by atoms with E-state index in [2.05, 4.69) is 29.1 Å². The molecule has 1 aromatic heterocycles. The van der Waals surface area contributed by atoms with Gasteiger partial charge in [0.25, 0.3) is 0 Å². The van der Waals surface area contributed by atoms with Crippen LogP contribution in [-0.4, -0.2) is 48.2 Å². The second-order valence-corrected chi connectivity index (χ2v) is 11.3. The molecule has 1 N–H and O–H groups in total. The molecule has 0 bridgehead atoms. The first-order valence-electron chi connectivity index (χ1n) is 6.98. The number of alkyl carbamates (subject to hydrolysis) is 1. The molecule has 4 nitrogen and oxygen atoms in total. The fourth-order valence-electron chi connectivity index (χ4n) is 2.42. The third kappa shape index (κ3) is 4.51. The van der Waals surface area contributed by atoms with Gasteiger partial charge in [0, 0.05) is 23.7 Å². The number of aromatic nitrogens is 1. The Bertz CT molecular complexity index is 512. The quantitative estimate of drug-likeness (QED) is 0.923. The van der Waals surface area contributed by atoms with E-state index in [9.17, 15) is 4.79 Å². The van der Waals surface area contributed by atoms with Gasteiger partial charge >= 0.3 is 6.09 Å². The Kier molecular flexibility index (Phi) is 5.04. The predicted octanol–water partition coefficient (Wildman–Crippen LogP) is 2.93. The number of fused-ring (bicyclic) bond motifs is 1. The van der Waals surface area contributed by atoms with Crippen LogP contribution in [0, 0.1) is 6.92 Å². The smallest absolute Gasteiger partial charge is 0.407 e. The molecule has 0 aliphatic heterocycles. The second-order valence-electron chi connectivity index (χ2n) is 6.33. The Morgan fingerprint density at radius 1 is 1.43 bits per heavy atom. The number of hydrogen-bond donors (Lipinski definition) is 1. The minimum atomic E-state index is -0.633. The number of nitrogens with zero attached hydrogens (tertiary/aromatic N) is 1. The predicted molar refractivity (Wildman–Crippen MR) is 89.9 cm³/mol. The lowest BCUT2D eigenvalue weighted by atomic mass is 10.1. The number of hydrogen-bond acceptors (Lipinski definition) is 3. The van der Waals surface area contributed by atoms with Crippen molar-refractivity contribution in [3.05, 3.63) is 28.0 Å². The molecule has 1 aliphatic rings. The summed E-state index contributed by atoms with van der Waals surface area (Å²) in [6.07, 6.45) is 9.49. The molecule has 6 heteroatoms. The summed E-state index contributed by atoms with van der Waals surface area (Å²) in [6, 6.07) is 0.0508. The SMILES string of the molecule is Cc1ncc(Cl)c2c1CC(NC(=O)OCCS(C)(C)C)C2. The van der Waals surface area contributed by atoms with E-state index in [0.29, 0.717) is 11.6 Å². The molecule has 0 saturated carbocycles. The van der Waals surface area contributed by atoms with Crippen LogP contribution in [0.5, 0.6) is 0 Å². The molecule has 0 spiro atoms. The van der Waals surface area contributed by atoms with Crippen molar-refractivity contribution in [2.24, 2.45) is 0 Å². The Labute approximate surface area is 132 Å². The van der Waals surface area contributed by atoms with Gasteiger partial charge in [-0.05, 0) is 49.7 Å². The van der Waals surface area contributed by atoms with Gasteiger partial charge in [-0.3, -0.25) is 4.98 Å². The molecule has 0 saturated heterocycles. The van der Waals surface area contributed by atoms with Crippen molar-refractivity contribution in [3.63, 3.8) is 0 Å². The van der Waals surface area contributed by atoms with Crippen LogP contribution in [0.2, 0.25) is 5.02 Å². The monoisotopic (exact) mass is 330 g/mol. The fourth-order valence-corrected chi connectivity index (χ4v) is 3.25. The lowest BCUT2D eigenvalue weighted by Gasteiger charge is -2.24. The minimum absolute atomic E-state index is 0.0508. The molecule has 1 amide bonds. The zero-order chi connectivity index (χ0) is 15.6. The molecule has 1 unspecified atom stereocenters. The van der Waals surface area contributed by atoms with Gasteiger partial charge in [-0.25, -0.2) is 14.8 Å². The van der Waals surface area contributed by atoms with Crippen molar-refractivity contribution >= 4 is 27.7 Å². The number of halogens is 1. The van der Waals surface area contributed by atoms with E-state index in [1.807, 2.05) is 6.92 Å². The molecular formula is C15H23ClN2O2S. The molecule has 1 heterocycles. The van der Waals surface area contributed by atoms with Gasteiger partial charge in [0.15, 0.2) is 0 Å². The van der Waals surface area contributed by atoms with Gasteiger partial charge in [-0.15, -0.1) is 0 Å². The average molecular weight is 331 g/mol. The minimum Gasteiger partial charge on any atom is -0.449 e. The standard InChI is InChI=1S/C15H23ClN2O2S/c1-10-12-7-11(8-13(12)14(16)9-17-10)18-15(19)20-5-6-21(2,3)4/h9,11H,5-8H2,1-4H3,(H,18,19). The van der Waals surface area contributed by atoms with Crippen LogP contribution in [0.4, 0.5) is 4.79 Å². The van der Waals surface area contributed by atoms with Gasteiger partial charge in [0.1, 0.15) is 6.61 Å². The van der Waals surface area contributed by atoms with Crippen LogP contribution in [0.15, 0.2) is 6.20 Å². The zero-order valence-corrected chi connectivity index (χ0v) is 14.6. The number of nitrogens with one attached hydrogen (secondary N) is 1. The summed E-state index contributed by atoms with van der Waals surface area (Å²) in [5.74, 6) is 0.931. The molecular weight excluding hydrogens is 308 g/mol. The van der Waals surface area contributed by atoms with E-state index in [0.717, 1.165) is 35.4 Å². The molecule has 0 aromatic carbocycles. The molecule has 118 valence electrons. The van der Waals surface area contributed by atoms with E-state index < -0.39 is 10.0 Å². The van der Waals surface area contributed by atoms with E-state index in [1.165, 1.54) is 0 Å². The van der Waals surface area contributed by atoms with Crippen molar-refractivity contribution in [1.29, 1.82) is 0 Å². The summed E-state index contributed by atoms with van der Waals surface area (Å²) in [4.78, 5) is 16.1. The lowest BCUT2D eigenvalue weighted by Crippen LogP contribution is -2.36. The summed E-state index contributed by atoms with van der Waals surface area (Å²) < 4.78 is 5.26. The maximum atomic E-state index is 11.8. The van der Waals surface area contributed by atoms with Crippen molar-refractivity contribution in [1.82, 2.24) is 10.3 Å². The second kappa shape index (κ2) is 6.44. The first kappa shape index (κ1) is 16.4. The Balaban J connectivity index is 1.85. The first-order chi connectivity index (χ1) is 9.76. The lowest BCUT2D eigenvalue weighted by molar-refractivity contribution is 0.149. The Hall–Kier alpha value is -0.940. The number of aryl methyl sites for hydroxylation is 1.